The van der Waals surface area contributed by atoms with E-state index in [1.54, 1.807) is 48.5 Å². The molecule has 1 N–H and O–H groups in total. The van der Waals surface area contributed by atoms with Gasteiger partial charge in [-0.15, -0.1) is 0 Å². The number of hydrogen-bond donors (Lipinski definition) is 1. The predicted molar refractivity (Wildman–Crippen MR) is 118 cm³/mol. The van der Waals surface area contributed by atoms with Gasteiger partial charge in [-0.05, 0) is 38.1 Å². The average molecular weight is 475 g/mol. The molecule has 1 aliphatic heterocycles. The number of benzene rings is 2. The molecule has 1 amide bonds. The summed E-state index contributed by atoms with van der Waals surface area (Å²) in [5.74, 6) is -0.664. The Morgan fingerprint density at radius 1 is 1.09 bits per heavy atom. The molecular weight excluding hydrogens is 454 g/mol. The molecule has 0 bridgehead atoms. The molecule has 1 aromatic heterocycles. The van der Waals surface area contributed by atoms with Gasteiger partial charge in [-0.1, -0.05) is 30.3 Å². The largest absolute Gasteiger partial charge is 0.490 e. The minimum Gasteiger partial charge on any atom is -0.490 e. The molecule has 0 unspecified atom stereocenters. The van der Waals surface area contributed by atoms with Gasteiger partial charge in [0, 0.05) is 17.4 Å². The van der Waals surface area contributed by atoms with Crippen LogP contribution in [0, 0.1) is 0 Å². The van der Waals surface area contributed by atoms with E-state index in [1.807, 2.05) is 13.8 Å². The fourth-order valence-electron chi connectivity index (χ4n) is 3.74. The lowest BCUT2D eigenvalue weighted by molar-refractivity contribution is -0.164. The zero-order chi connectivity index (χ0) is 24.6. The standard InChI is InChI=1S/C24H21F4N3O3/c1-13(2)34-20-10-6-4-8-15(20)18-11-16(14-7-3-5-9-17(14)29-18)22(32)31-24(33,23(27)28)12-19(30-31)21(25)26/h3-11,13,21,23,33H,12H2,1-2H3/t24-/m1/s1. The first-order valence-corrected chi connectivity index (χ1v) is 10.5. The highest BCUT2D eigenvalue weighted by Gasteiger charge is 2.53. The number of ether oxygens (including phenoxy) is 1. The van der Waals surface area contributed by atoms with Gasteiger partial charge in [0.2, 0.25) is 5.72 Å². The highest BCUT2D eigenvalue weighted by Crippen LogP contribution is 2.37. The fourth-order valence-corrected chi connectivity index (χ4v) is 3.74. The Morgan fingerprint density at radius 3 is 2.44 bits per heavy atom. The minimum absolute atomic E-state index is 0.0568. The number of aliphatic hydroxyl groups is 1. The van der Waals surface area contributed by atoms with Crippen molar-refractivity contribution in [1.29, 1.82) is 0 Å². The monoisotopic (exact) mass is 475 g/mol. The predicted octanol–water partition coefficient (Wildman–Crippen LogP) is 5.11. The number of amides is 1. The Labute approximate surface area is 192 Å². The summed E-state index contributed by atoms with van der Waals surface area (Å²) < 4.78 is 59.7. The summed E-state index contributed by atoms with van der Waals surface area (Å²) >= 11 is 0. The third kappa shape index (κ3) is 4.21. The Hall–Kier alpha value is -3.53. The molecule has 3 aromatic rings. The molecule has 1 atom stereocenters. The van der Waals surface area contributed by atoms with E-state index in [2.05, 4.69) is 10.1 Å². The molecule has 0 spiro atoms. The second-order valence-corrected chi connectivity index (χ2v) is 8.10. The third-order valence-electron chi connectivity index (χ3n) is 5.30. The van der Waals surface area contributed by atoms with Gasteiger partial charge in [0.05, 0.1) is 22.9 Å². The van der Waals surface area contributed by atoms with Crippen LogP contribution in [0.25, 0.3) is 22.2 Å². The number of alkyl halides is 4. The zero-order valence-corrected chi connectivity index (χ0v) is 18.3. The maximum Gasteiger partial charge on any atom is 0.287 e. The van der Waals surface area contributed by atoms with E-state index in [1.165, 1.54) is 6.07 Å². The summed E-state index contributed by atoms with van der Waals surface area (Å²) in [6.07, 6.45) is -8.04. The number of rotatable bonds is 6. The highest BCUT2D eigenvalue weighted by molar-refractivity contribution is 6.08. The quantitative estimate of drug-likeness (QED) is 0.503. The van der Waals surface area contributed by atoms with Crippen molar-refractivity contribution in [3.8, 4) is 17.0 Å². The number of carbonyl (C=O) groups is 1. The van der Waals surface area contributed by atoms with E-state index in [0.29, 0.717) is 22.5 Å². The summed E-state index contributed by atoms with van der Waals surface area (Å²) in [6, 6.07) is 14.8. The van der Waals surface area contributed by atoms with E-state index >= 15 is 0 Å². The van der Waals surface area contributed by atoms with Crippen LogP contribution in [-0.4, -0.2) is 51.4 Å². The normalized spacial score (nSPS) is 18.3. The molecule has 178 valence electrons. The van der Waals surface area contributed by atoms with Crippen molar-refractivity contribution in [2.75, 3.05) is 0 Å². The van der Waals surface area contributed by atoms with Gasteiger partial charge in [-0.3, -0.25) is 4.79 Å². The van der Waals surface area contributed by atoms with Crippen LogP contribution in [-0.2, 0) is 0 Å². The van der Waals surface area contributed by atoms with Crippen LogP contribution < -0.4 is 4.74 Å². The van der Waals surface area contributed by atoms with E-state index < -0.39 is 36.6 Å². The first kappa shape index (κ1) is 23.6. The van der Waals surface area contributed by atoms with E-state index in [4.69, 9.17) is 4.74 Å². The number of fused-ring (bicyclic) bond motifs is 1. The topological polar surface area (TPSA) is 75.0 Å². The SMILES string of the molecule is CC(C)Oc1ccccc1-c1cc(C(=O)N2N=C(C(F)F)C[C@@]2(O)C(F)F)c2ccccc2n1. The first-order chi connectivity index (χ1) is 16.1. The smallest absolute Gasteiger partial charge is 0.287 e. The van der Waals surface area contributed by atoms with Gasteiger partial charge in [0.25, 0.3) is 18.8 Å². The van der Waals surface area contributed by atoms with Crippen LogP contribution >= 0.6 is 0 Å². The number of hydrogen-bond acceptors (Lipinski definition) is 5. The van der Waals surface area contributed by atoms with Crippen molar-refractivity contribution in [2.45, 2.75) is 44.9 Å². The number of hydrazone groups is 1. The van der Waals surface area contributed by atoms with Gasteiger partial charge < -0.3 is 9.84 Å². The van der Waals surface area contributed by atoms with Crippen LogP contribution in [0.2, 0.25) is 0 Å². The zero-order valence-electron chi connectivity index (χ0n) is 18.3. The molecular formula is C24H21F4N3O3. The number of aromatic nitrogens is 1. The second-order valence-electron chi connectivity index (χ2n) is 8.10. The lowest BCUT2D eigenvalue weighted by Crippen LogP contribution is -2.51. The second kappa shape index (κ2) is 9.02. The van der Waals surface area contributed by atoms with Crippen molar-refractivity contribution in [1.82, 2.24) is 9.99 Å². The molecule has 34 heavy (non-hydrogen) atoms. The van der Waals surface area contributed by atoms with Crippen LogP contribution in [0.1, 0.15) is 30.6 Å². The molecule has 4 rings (SSSR count). The maximum absolute atomic E-state index is 13.7. The summed E-state index contributed by atoms with van der Waals surface area (Å²) in [4.78, 5) is 18.0. The molecule has 0 fully saturated rings. The van der Waals surface area contributed by atoms with Crippen LogP contribution in [0.4, 0.5) is 17.6 Å². The highest BCUT2D eigenvalue weighted by atomic mass is 19.3. The lowest BCUT2D eigenvalue weighted by atomic mass is 10.0. The molecule has 2 aromatic carbocycles. The van der Waals surface area contributed by atoms with Crippen molar-refractivity contribution < 1.29 is 32.2 Å². The molecule has 6 nitrogen and oxygen atoms in total. The number of carbonyl (C=O) groups excluding carboxylic acids is 1. The van der Waals surface area contributed by atoms with Gasteiger partial charge in [-0.2, -0.15) is 10.1 Å². The van der Waals surface area contributed by atoms with Crippen molar-refractivity contribution in [3.05, 3.63) is 60.2 Å². The Balaban J connectivity index is 1.89. The molecule has 10 heteroatoms. The third-order valence-corrected chi connectivity index (χ3v) is 5.30. The average Bonchev–Trinajstić information content (AvgIpc) is 3.17. The van der Waals surface area contributed by atoms with Crippen LogP contribution in [0.5, 0.6) is 5.75 Å². The van der Waals surface area contributed by atoms with Crippen molar-refractivity contribution in [2.24, 2.45) is 5.10 Å². The number of pyridine rings is 1. The summed E-state index contributed by atoms with van der Waals surface area (Å²) in [7, 11) is 0. The molecule has 0 radical (unpaired) electrons. The summed E-state index contributed by atoms with van der Waals surface area (Å²) in [5, 5.41) is 14.2. The van der Waals surface area contributed by atoms with Crippen LogP contribution in [0.3, 0.4) is 0 Å². The van der Waals surface area contributed by atoms with Gasteiger partial charge in [0.15, 0.2) is 0 Å². The first-order valence-electron chi connectivity index (χ1n) is 10.5. The number of halogens is 4. The van der Waals surface area contributed by atoms with Crippen molar-refractivity contribution >= 4 is 22.5 Å². The summed E-state index contributed by atoms with van der Waals surface area (Å²) in [5.41, 5.74) is -3.11. The Morgan fingerprint density at radius 2 is 1.76 bits per heavy atom. The Bertz CT molecular complexity index is 1270. The van der Waals surface area contributed by atoms with E-state index in [9.17, 15) is 27.5 Å². The van der Waals surface area contributed by atoms with Crippen molar-refractivity contribution in [3.63, 3.8) is 0 Å². The molecule has 1 aliphatic rings. The summed E-state index contributed by atoms with van der Waals surface area (Å²) in [6.45, 7) is 3.69. The molecule has 0 saturated carbocycles. The lowest BCUT2D eigenvalue weighted by Gasteiger charge is -2.30. The molecule has 0 saturated heterocycles. The van der Waals surface area contributed by atoms with Crippen LogP contribution in [0.15, 0.2) is 59.7 Å². The van der Waals surface area contributed by atoms with E-state index in [-0.39, 0.29) is 22.1 Å². The van der Waals surface area contributed by atoms with Gasteiger partial charge in [0.1, 0.15) is 11.5 Å². The van der Waals surface area contributed by atoms with Gasteiger partial charge in [-0.25, -0.2) is 22.5 Å². The molecule has 0 aliphatic carbocycles. The molecule has 2 heterocycles. The van der Waals surface area contributed by atoms with E-state index in [0.717, 1.165) is 0 Å². The fraction of sp³-hybridized carbons (Fsp3) is 0.292. The Kier molecular flexibility index (Phi) is 6.26. The number of nitrogens with zero attached hydrogens (tertiary/aromatic N) is 3. The minimum atomic E-state index is -3.52. The number of para-hydroxylation sites is 2. The maximum atomic E-state index is 13.7. The van der Waals surface area contributed by atoms with Gasteiger partial charge >= 0.3 is 0 Å².